The Kier molecular flexibility index (Phi) is 6.02. The summed E-state index contributed by atoms with van der Waals surface area (Å²) < 4.78 is 0. The van der Waals surface area contributed by atoms with Crippen LogP contribution in [-0.4, -0.2) is 17.4 Å². The molecule has 0 radical (unpaired) electrons. The van der Waals surface area contributed by atoms with E-state index in [1.807, 2.05) is 53.9 Å². The Hall–Kier alpha value is -1.39. The summed E-state index contributed by atoms with van der Waals surface area (Å²) in [6, 6.07) is 18.4. The van der Waals surface area contributed by atoms with Gasteiger partial charge in [-0.25, -0.2) is 0 Å². The second kappa shape index (κ2) is 8.02. The maximum absolute atomic E-state index is 10.9. The number of hydrogen-bond donors (Lipinski definition) is 1. The summed E-state index contributed by atoms with van der Waals surface area (Å²) in [5.41, 5.74) is 0.848. The Balaban J connectivity index is 1.73. The Morgan fingerprint density at radius 2 is 1.45 bits per heavy atom. The summed E-state index contributed by atoms with van der Waals surface area (Å²) in [6.45, 7) is 1.52. The van der Waals surface area contributed by atoms with Crippen molar-refractivity contribution in [2.45, 2.75) is 16.7 Å². The third kappa shape index (κ3) is 5.31. The highest BCUT2D eigenvalue weighted by molar-refractivity contribution is 8.03. The van der Waals surface area contributed by atoms with E-state index in [9.17, 15) is 4.79 Å². The second-order valence-corrected chi connectivity index (χ2v) is 6.55. The third-order valence-corrected chi connectivity index (χ3v) is 4.82. The lowest BCUT2D eigenvalue weighted by molar-refractivity contribution is -0.114. The van der Waals surface area contributed by atoms with Crippen LogP contribution in [0.15, 0.2) is 64.4 Å². The topological polar surface area (TPSA) is 29.1 Å². The van der Waals surface area contributed by atoms with Crippen molar-refractivity contribution >= 4 is 35.1 Å². The molecule has 0 spiro atoms. The smallest absolute Gasteiger partial charge is 0.221 e. The zero-order chi connectivity index (χ0) is 14.2. The van der Waals surface area contributed by atoms with Gasteiger partial charge >= 0.3 is 0 Å². The van der Waals surface area contributed by atoms with E-state index < -0.39 is 0 Å². The molecule has 1 amide bonds. The fraction of sp³-hybridized carbons (Fsp3) is 0.188. The standard InChI is InChI=1S/C16H17NOS2/c1-13(18)17-14-7-9-16(10-8-14)20-12-11-19-15-5-3-2-4-6-15/h2-10H,11-12H2,1H3,(H,17,18). The monoisotopic (exact) mass is 303 g/mol. The Labute approximate surface area is 128 Å². The first-order valence-electron chi connectivity index (χ1n) is 6.42. The molecule has 20 heavy (non-hydrogen) atoms. The first-order valence-corrected chi connectivity index (χ1v) is 8.39. The lowest BCUT2D eigenvalue weighted by Crippen LogP contribution is -2.05. The van der Waals surface area contributed by atoms with Gasteiger partial charge in [-0.3, -0.25) is 4.79 Å². The minimum Gasteiger partial charge on any atom is -0.326 e. The number of nitrogens with one attached hydrogen (secondary N) is 1. The number of amides is 1. The number of hydrogen-bond acceptors (Lipinski definition) is 3. The number of benzene rings is 2. The fourth-order valence-electron chi connectivity index (χ4n) is 1.67. The van der Waals surface area contributed by atoms with Crippen LogP contribution in [0.4, 0.5) is 5.69 Å². The van der Waals surface area contributed by atoms with E-state index in [4.69, 9.17) is 0 Å². The molecule has 0 bridgehead atoms. The van der Waals surface area contributed by atoms with E-state index in [-0.39, 0.29) is 5.91 Å². The zero-order valence-electron chi connectivity index (χ0n) is 11.3. The lowest BCUT2D eigenvalue weighted by atomic mass is 10.3. The van der Waals surface area contributed by atoms with Gasteiger partial charge in [-0.2, -0.15) is 0 Å². The van der Waals surface area contributed by atoms with Crippen molar-refractivity contribution in [3.63, 3.8) is 0 Å². The average Bonchev–Trinajstić information content (AvgIpc) is 2.46. The molecule has 2 rings (SSSR count). The van der Waals surface area contributed by atoms with Crippen LogP contribution in [0.25, 0.3) is 0 Å². The van der Waals surface area contributed by atoms with Crippen LogP contribution < -0.4 is 5.32 Å². The zero-order valence-corrected chi connectivity index (χ0v) is 13.0. The van der Waals surface area contributed by atoms with Gasteiger partial charge in [0, 0.05) is 33.9 Å². The largest absolute Gasteiger partial charge is 0.326 e. The molecule has 0 atom stereocenters. The van der Waals surface area contributed by atoms with E-state index in [1.165, 1.54) is 16.7 Å². The normalized spacial score (nSPS) is 10.2. The summed E-state index contributed by atoms with van der Waals surface area (Å²) in [4.78, 5) is 13.5. The van der Waals surface area contributed by atoms with Crippen molar-refractivity contribution in [2.75, 3.05) is 16.8 Å². The molecular weight excluding hydrogens is 286 g/mol. The maximum Gasteiger partial charge on any atom is 0.221 e. The van der Waals surface area contributed by atoms with Crippen LogP contribution in [0.1, 0.15) is 6.92 Å². The van der Waals surface area contributed by atoms with Crippen molar-refractivity contribution in [1.29, 1.82) is 0 Å². The summed E-state index contributed by atoms with van der Waals surface area (Å²) in [7, 11) is 0. The van der Waals surface area contributed by atoms with Crippen LogP contribution in [0.3, 0.4) is 0 Å². The van der Waals surface area contributed by atoms with Crippen LogP contribution in [0, 0.1) is 0 Å². The quantitative estimate of drug-likeness (QED) is 0.628. The molecular formula is C16H17NOS2. The molecule has 2 nitrogen and oxygen atoms in total. The molecule has 0 unspecified atom stereocenters. The molecule has 2 aromatic rings. The molecule has 104 valence electrons. The summed E-state index contributed by atoms with van der Waals surface area (Å²) >= 11 is 3.71. The number of thioether (sulfide) groups is 2. The van der Waals surface area contributed by atoms with Gasteiger partial charge in [0.05, 0.1) is 0 Å². The molecule has 4 heteroatoms. The number of rotatable bonds is 6. The molecule has 1 N–H and O–H groups in total. The predicted molar refractivity (Wildman–Crippen MR) is 88.6 cm³/mol. The Bertz CT molecular complexity index is 540. The highest BCUT2D eigenvalue weighted by Gasteiger charge is 1.98. The van der Waals surface area contributed by atoms with E-state index in [2.05, 4.69) is 29.6 Å². The highest BCUT2D eigenvalue weighted by Crippen LogP contribution is 2.24. The molecule has 0 heterocycles. The van der Waals surface area contributed by atoms with Crippen molar-refractivity contribution in [2.24, 2.45) is 0 Å². The summed E-state index contributed by atoms with van der Waals surface area (Å²) in [5, 5.41) is 2.77. The van der Waals surface area contributed by atoms with E-state index in [1.54, 1.807) is 0 Å². The lowest BCUT2D eigenvalue weighted by Gasteiger charge is -2.05. The van der Waals surface area contributed by atoms with Crippen molar-refractivity contribution in [1.82, 2.24) is 0 Å². The number of carbonyl (C=O) groups is 1. The second-order valence-electron chi connectivity index (χ2n) is 4.22. The van der Waals surface area contributed by atoms with Crippen LogP contribution in [0.2, 0.25) is 0 Å². The summed E-state index contributed by atoms with van der Waals surface area (Å²) in [6.07, 6.45) is 0. The molecule has 0 aliphatic rings. The van der Waals surface area contributed by atoms with Crippen LogP contribution >= 0.6 is 23.5 Å². The van der Waals surface area contributed by atoms with Gasteiger partial charge in [-0.05, 0) is 36.4 Å². The van der Waals surface area contributed by atoms with Gasteiger partial charge in [0.25, 0.3) is 0 Å². The Morgan fingerprint density at radius 3 is 2.00 bits per heavy atom. The van der Waals surface area contributed by atoms with Crippen LogP contribution in [-0.2, 0) is 4.79 Å². The minimum atomic E-state index is -0.0373. The van der Waals surface area contributed by atoms with Crippen LogP contribution in [0.5, 0.6) is 0 Å². The Morgan fingerprint density at radius 1 is 0.900 bits per heavy atom. The molecule has 0 aliphatic heterocycles. The van der Waals surface area contributed by atoms with Gasteiger partial charge in [0.1, 0.15) is 0 Å². The molecule has 0 saturated carbocycles. The van der Waals surface area contributed by atoms with E-state index in [0.717, 1.165) is 17.2 Å². The van der Waals surface area contributed by atoms with E-state index in [0.29, 0.717) is 0 Å². The van der Waals surface area contributed by atoms with Gasteiger partial charge in [0.15, 0.2) is 0 Å². The van der Waals surface area contributed by atoms with E-state index >= 15 is 0 Å². The molecule has 0 aromatic heterocycles. The maximum atomic E-state index is 10.9. The van der Waals surface area contributed by atoms with Gasteiger partial charge < -0.3 is 5.32 Å². The molecule has 0 fully saturated rings. The SMILES string of the molecule is CC(=O)Nc1ccc(SCCSc2ccccc2)cc1. The predicted octanol–water partition coefficient (Wildman–Crippen LogP) is 4.53. The molecule has 0 aliphatic carbocycles. The first kappa shape index (κ1) is 15.0. The van der Waals surface area contributed by atoms with Crippen molar-refractivity contribution in [3.8, 4) is 0 Å². The number of anilines is 1. The van der Waals surface area contributed by atoms with Crippen molar-refractivity contribution in [3.05, 3.63) is 54.6 Å². The molecule has 0 saturated heterocycles. The number of carbonyl (C=O) groups excluding carboxylic acids is 1. The fourth-order valence-corrected chi connectivity index (χ4v) is 3.49. The average molecular weight is 303 g/mol. The minimum absolute atomic E-state index is 0.0373. The van der Waals surface area contributed by atoms with Gasteiger partial charge in [-0.15, -0.1) is 23.5 Å². The first-order chi connectivity index (χ1) is 9.74. The summed E-state index contributed by atoms with van der Waals surface area (Å²) in [5.74, 6) is 2.12. The third-order valence-electron chi connectivity index (χ3n) is 2.54. The van der Waals surface area contributed by atoms with Crippen molar-refractivity contribution < 1.29 is 4.79 Å². The highest BCUT2D eigenvalue weighted by atomic mass is 32.2. The van der Waals surface area contributed by atoms with Gasteiger partial charge in [-0.1, -0.05) is 18.2 Å². The molecule has 2 aromatic carbocycles. The van der Waals surface area contributed by atoms with Gasteiger partial charge in [0.2, 0.25) is 5.91 Å².